The fraction of sp³-hybridized carbons (Fsp3) is 0.417. The molecule has 1 aromatic heterocycles. The van der Waals surface area contributed by atoms with E-state index in [2.05, 4.69) is 35.8 Å². The van der Waals surface area contributed by atoms with Crippen molar-refractivity contribution in [1.29, 1.82) is 0 Å². The molecule has 3 nitrogen and oxygen atoms in total. The van der Waals surface area contributed by atoms with Gasteiger partial charge in [-0.2, -0.15) is 5.10 Å². The third-order valence-corrected chi connectivity index (χ3v) is 2.71. The van der Waals surface area contributed by atoms with Gasteiger partial charge in [-0.05, 0) is 26.3 Å². The first-order chi connectivity index (χ1) is 7.15. The van der Waals surface area contributed by atoms with Crippen LogP contribution in [0.25, 0.3) is 10.9 Å². The second kappa shape index (κ2) is 3.66. The summed E-state index contributed by atoms with van der Waals surface area (Å²) < 4.78 is 2.06. The highest BCUT2D eigenvalue weighted by Crippen LogP contribution is 2.24. The lowest BCUT2D eigenvalue weighted by atomic mass is 10.1. The van der Waals surface area contributed by atoms with E-state index in [1.54, 1.807) is 0 Å². The van der Waals surface area contributed by atoms with E-state index >= 15 is 0 Å². The molecular weight excluding hydrogens is 186 g/mol. The van der Waals surface area contributed by atoms with E-state index in [0.29, 0.717) is 12.6 Å². The SMILES string of the molecule is Cc1nn(C(C)C)c2c(CN)cccc12. The lowest BCUT2D eigenvalue weighted by Crippen LogP contribution is -2.06. The Balaban J connectivity index is 2.82. The minimum absolute atomic E-state index is 0.369. The number of aromatic nitrogens is 2. The van der Waals surface area contributed by atoms with Crippen molar-refractivity contribution in [3.63, 3.8) is 0 Å². The molecule has 0 atom stereocenters. The second-order valence-corrected chi connectivity index (χ2v) is 4.14. The van der Waals surface area contributed by atoms with Gasteiger partial charge in [0.15, 0.2) is 0 Å². The summed E-state index contributed by atoms with van der Waals surface area (Å²) in [5, 5.41) is 5.77. The molecule has 1 heterocycles. The van der Waals surface area contributed by atoms with Crippen molar-refractivity contribution in [2.75, 3.05) is 0 Å². The first kappa shape index (κ1) is 10.2. The number of nitrogens with zero attached hydrogens (tertiary/aromatic N) is 2. The molecule has 0 unspecified atom stereocenters. The second-order valence-electron chi connectivity index (χ2n) is 4.14. The Kier molecular flexibility index (Phi) is 2.49. The first-order valence-electron chi connectivity index (χ1n) is 5.32. The maximum absolute atomic E-state index is 5.75. The number of aryl methyl sites for hydroxylation is 1. The molecule has 0 aliphatic rings. The predicted molar refractivity (Wildman–Crippen MR) is 62.7 cm³/mol. The van der Waals surface area contributed by atoms with Crippen molar-refractivity contribution in [3.8, 4) is 0 Å². The average molecular weight is 203 g/mol. The van der Waals surface area contributed by atoms with Gasteiger partial charge < -0.3 is 5.73 Å². The molecule has 0 amide bonds. The molecule has 0 saturated carbocycles. The van der Waals surface area contributed by atoms with Gasteiger partial charge in [-0.1, -0.05) is 18.2 Å². The van der Waals surface area contributed by atoms with Gasteiger partial charge in [0.05, 0.1) is 11.2 Å². The predicted octanol–water partition coefficient (Wildman–Crippen LogP) is 2.38. The molecule has 1 aromatic carbocycles. The summed E-state index contributed by atoms with van der Waals surface area (Å²) in [6, 6.07) is 6.59. The number of fused-ring (bicyclic) bond motifs is 1. The van der Waals surface area contributed by atoms with E-state index in [1.165, 1.54) is 16.5 Å². The molecule has 80 valence electrons. The molecule has 0 spiro atoms. The molecule has 0 aliphatic carbocycles. The molecule has 0 saturated heterocycles. The van der Waals surface area contributed by atoms with Crippen LogP contribution in [0.15, 0.2) is 18.2 Å². The van der Waals surface area contributed by atoms with Crippen LogP contribution in [0.1, 0.15) is 31.1 Å². The normalized spacial score (nSPS) is 11.5. The molecule has 0 bridgehead atoms. The monoisotopic (exact) mass is 203 g/mol. The Labute approximate surface area is 89.9 Å². The Morgan fingerprint density at radius 3 is 2.73 bits per heavy atom. The Bertz CT molecular complexity index is 483. The molecule has 3 heteroatoms. The van der Waals surface area contributed by atoms with Gasteiger partial charge in [-0.25, -0.2) is 0 Å². The van der Waals surface area contributed by atoms with Crippen LogP contribution in [0.4, 0.5) is 0 Å². The zero-order valence-corrected chi connectivity index (χ0v) is 9.49. The van der Waals surface area contributed by atoms with Crippen LogP contribution in [-0.4, -0.2) is 9.78 Å². The highest BCUT2D eigenvalue weighted by atomic mass is 15.3. The molecule has 15 heavy (non-hydrogen) atoms. The van der Waals surface area contributed by atoms with E-state index in [9.17, 15) is 0 Å². The van der Waals surface area contributed by atoms with Crippen molar-refractivity contribution in [3.05, 3.63) is 29.5 Å². The summed E-state index contributed by atoms with van der Waals surface area (Å²) in [4.78, 5) is 0. The van der Waals surface area contributed by atoms with Crippen molar-refractivity contribution < 1.29 is 0 Å². The number of nitrogens with two attached hydrogens (primary N) is 1. The Morgan fingerprint density at radius 2 is 2.13 bits per heavy atom. The van der Waals surface area contributed by atoms with Crippen LogP contribution in [-0.2, 0) is 6.54 Å². The summed E-state index contributed by atoms with van der Waals surface area (Å²) in [6.45, 7) is 6.88. The van der Waals surface area contributed by atoms with Crippen LogP contribution >= 0.6 is 0 Å². The lowest BCUT2D eigenvalue weighted by Gasteiger charge is -2.09. The largest absolute Gasteiger partial charge is 0.326 e. The molecule has 2 N–H and O–H groups in total. The van der Waals surface area contributed by atoms with Gasteiger partial charge >= 0.3 is 0 Å². The van der Waals surface area contributed by atoms with E-state index in [4.69, 9.17) is 5.73 Å². The van der Waals surface area contributed by atoms with E-state index < -0.39 is 0 Å². The molecule has 2 aromatic rings. The zero-order chi connectivity index (χ0) is 11.0. The maximum Gasteiger partial charge on any atom is 0.0733 e. The number of para-hydroxylation sites is 1. The van der Waals surface area contributed by atoms with Crippen LogP contribution < -0.4 is 5.73 Å². The molecule has 0 radical (unpaired) electrons. The first-order valence-corrected chi connectivity index (χ1v) is 5.32. The minimum atomic E-state index is 0.369. The molecule has 2 rings (SSSR count). The third-order valence-electron chi connectivity index (χ3n) is 2.71. The number of hydrogen-bond donors (Lipinski definition) is 1. The topological polar surface area (TPSA) is 43.8 Å². The summed E-state index contributed by atoms with van der Waals surface area (Å²) >= 11 is 0. The van der Waals surface area contributed by atoms with Crippen LogP contribution in [0.5, 0.6) is 0 Å². The number of benzene rings is 1. The lowest BCUT2D eigenvalue weighted by molar-refractivity contribution is 0.545. The summed E-state index contributed by atoms with van der Waals surface area (Å²) in [5.74, 6) is 0. The fourth-order valence-electron chi connectivity index (χ4n) is 1.96. The van der Waals surface area contributed by atoms with Crippen molar-refractivity contribution >= 4 is 10.9 Å². The third kappa shape index (κ3) is 1.53. The van der Waals surface area contributed by atoms with Gasteiger partial charge in [-0.3, -0.25) is 4.68 Å². The van der Waals surface area contributed by atoms with Crippen LogP contribution in [0.2, 0.25) is 0 Å². The summed E-state index contributed by atoms with van der Waals surface area (Å²) in [5.41, 5.74) is 9.19. The van der Waals surface area contributed by atoms with E-state index in [0.717, 1.165) is 5.69 Å². The summed E-state index contributed by atoms with van der Waals surface area (Å²) in [6.07, 6.45) is 0. The average Bonchev–Trinajstić information content (AvgIpc) is 2.56. The van der Waals surface area contributed by atoms with Gasteiger partial charge in [0, 0.05) is 18.0 Å². The van der Waals surface area contributed by atoms with Crippen molar-refractivity contribution in [1.82, 2.24) is 9.78 Å². The highest BCUT2D eigenvalue weighted by molar-refractivity contribution is 5.85. The highest BCUT2D eigenvalue weighted by Gasteiger charge is 2.12. The Hall–Kier alpha value is -1.35. The number of rotatable bonds is 2. The van der Waals surface area contributed by atoms with Gasteiger partial charge in [-0.15, -0.1) is 0 Å². The van der Waals surface area contributed by atoms with Crippen molar-refractivity contribution in [2.45, 2.75) is 33.4 Å². The van der Waals surface area contributed by atoms with Gasteiger partial charge in [0.25, 0.3) is 0 Å². The molecule has 0 aliphatic heterocycles. The maximum atomic E-state index is 5.75. The van der Waals surface area contributed by atoms with Crippen LogP contribution in [0, 0.1) is 6.92 Å². The quantitative estimate of drug-likeness (QED) is 0.814. The molecule has 0 fully saturated rings. The van der Waals surface area contributed by atoms with Crippen molar-refractivity contribution in [2.24, 2.45) is 5.73 Å². The van der Waals surface area contributed by atoms with Crippen LogP contribution in [0.3, 0.4) is 0 Å². The Morgan fingerprint density at radius 1 is 1.40 bits per heavy atom. The summed E-state index contributed by atoms with van der Waals surface area (Å²) in [7, 11) is 0. The number of hydrogen-bond acceptors (Lipinski definition) is 2. The standard InChI is InChI=1S/C12H17N3/c1-8(2)15-12-10(7-13)5-4-6-11(12)9(3)14-15/h4-6,8H,7,13H2,1-3H3. The smallest absolute Gasteiger partial charge is 0.0733 e. The zero-order valence-electron chi connectivity index (χ0n) is 9.49. The van der Waals surface area contributed by atoms with E-state index in [1.807, 2.05) is 13.0 Å². The fourth-order valence-corrected chi connectivity index (χ4v) is 1.96. The minimum Gasteiger partial charge on any atom is -0.326 e. The van der Waals surface area contributed by atoms with Gasteiger partial charge in [0.1, 0.15) is 0 Å². The van der Waals surface area contributed by atoms with E-state index in [-0.39, 0.29) is 0 Å². The van der Waals surface area contributed by atoms with Gasteiger partial charge in [0.2, 0.25) is 0 Å². The molecular formula is C12H17N3.